The van der Waals surface area contributed by atoms with E-state index < -0.39 is 6.29 Å². The SMILES string of the molecule is CCCC1CC1(C)C(=O)OC(Oc1ccccc1)c1ccccc1. The van der Waals surface area contributed by atoms with Crippen LogP contribution in [0.4, 0.5) is 0 Å². The van der Waals surface area contributed by atoms with Crippen LogP contribution in [0.2, 0.25) is 0 Å². The molecule has 0 heterocycles. The van der Waals surface area contributed by atoms with Gasteiger partial charge < -0.3 is 9.47 Å². The van der Waals surface area contributed by atoms with Crippen molar-refractivity contribution in [1.29, 1.82) is 0 Å². The molecule has 3 atom stereocenters. The minimum absolute atomic E-state index is 0.161. The average molecular weight is 324 g/mol. The van der Waals surface area contributed by atoms with E-state index in [2.05, 4.69) is 6.92 Å². The van der Waals surface area contributed by atoms with Gasteiger partial charge in [-0.2, -0.15) is 0 Å². The summed E-state index contributed by atoms with van der Waals surface area (Å²) in [6.07, 6.45) is 2.35. The Balaban J connectivity index is 1.74. The highest BCUT2D eigenvalue weighted by Crippen LogP contribution is 2.56. The molecule has 2 aromatic carbocycles. The summed E-state index contributed by atoms with van der Waals surface area (Å²) in [7, 11) is 0. The maximum absolute atomic E-state index is 12.7. The molecule has 0 bridgehead atoms. The van der Waals surface area contributed by atoms with Crippen molar-refractivity contribution < 1.29 is 14.3 Å². The maximum atomic E-state index is 12.7. The van der Waals surface area contributed by atoms with E-state index in [0.29, 0.717) is 11.7 Å². The minimum atomic E-state index is -0.721. The van der Waals surface area contributed by atoms with E-state index in [4.69, 9.17) is 9.47 Å². The fourth-order valence-corrected chi connectivity index (χ4v) is 3.10. The Hall–Kier alpha value is -2.29. The summed E-state index contributed by atoms with van der Waals surface area (Å²) in [4.78, 5) is 12.7. The predicted octanol–water partition coefficient (Wildman–Crippen LogP) is 5.13. The first kappa shape index (κ1) is 16.6. The summed E-state index contributed by atoms with van der Waals surface area (Å²) in [6, 6.07) is 19.1. The van der Waals surface area contributed by atoms with E-state index in [1.807, 2.05) is 67.6 Å². The summed E-state index contributed by atoms with van der Waals surface area (Å²) < 4.78 is 11.7. The number of carbonyl (C=O) groups excluding carboxylic acids is 1. The van der Waals surface area contributed by atoms with Crippen molar-refractivity contribution in [1.82, 2.24) is 0 Å². The molecule has 24 heavy (non-hydrogen) atoms. The van der Waals surface area contributed by atoms with Gasteiger partial charge in [0.05, 0.1) is 5.41 Å². The molecule has 3 heteroatoms. The quantitative estimate of drug-likeness (QED) is 0.523. The Morgan fingerprint density at radius 3 is 2.38 bits per heavy atom. The normalized spacial score (nSPS) is 23.3. The molecule has 0 radical (unpaired) electrons. The lowest BCUT2D eigenvalue weighted by Crippen LogP contribution is -2.23. The van der Waals surface area contributed by atoms with Crippen LogP contribution >= 0.6 is 0 Å². The van der Waals surface area contributed by atoms with E-state index in [-0.39, 0.29) is 11.4 Å². The van der Waals surface area contributed by atoms with Crippen molar-refractivity contribution in [3.8, 4) is 5.75 Å². The number of ether oxygens (including phenoxy) is 2. The molecule has 2 aromatic rings. The molecule has 0 spiro atoms. The standard InChI is InChI=1S/C21H24O3/c1-3-10-17-15-21(17,2)20(22)24-19(16-11-6-4-7-12-16)23-18-13-8-5-9-14-18/h4-9,11-14,17,19H,3,10,15H2,1-2H3. The van der Waals surface area contributed by atoms with Crippen LogP contribution in [0.5, 0.6) is 5.75 Å². The molecule has 1 saturated carbocycles. The number of esters is 1. The smallest absolute Gasteiger partial charge is 0.315 e. The zero-order chi connectivity index (χ0) is 17.0. The molecule has 0 aliphatic heterocycles. The lowest BCUT2D eigenvalue weighted by Gasteiger charge is -2.22. The number of carbonyl (C=O) groups is 1. The van der Waals surface area contributed by atoms with E-state index >= 15 is 0 Å². The zero-order valence-corrected chi connectivity index (χ0v) is 14.3. The van der Waals surface area contributed by atoms with E-state index in [9.17, 15) is 4.79 Å². The van der Waals surface area contributed by atoms with Gasteiger partial charge in [-0.3, -0.25) is 4.79 Å². The van der Waals surface area contributed by atoms with Gasteiger partial charge in [0.2, 0.25) is 0 Å². The molecular weight excluding hydrogens is 300 g/mol. The molecule has 3 rings (SSSR count). The lowest BCUT2D eigenvalue weighted by atomic mass is 10.0. The molecular formula is C21H24O3. The monoisotopic (exact) mass is 324 g/mol. The summed E-state index contributed by atoms with van der Waals surface area (Å²) in [5.74, 6) is 0.957. The number of para-hydroxylation sites is 1. The first-order valence-electron chi connectivity index (χ1n) is 8.61. The largest absolute Gasteiger partial charge is 0.450 e. The highest BCUT2D eigenvalue weighted by Gasteiger charge is 2.57. The fourth-order valence-electron chi connectivity index (χ4n) is 3.10. The Morgan fingerprint density at radius 1 is 1.12 bits per heavy atom. The molecule has 1 aliphatic carbocycles. The highest BCUT2D eigenvalue weighted by atomic mass is 16.7. The summed E-state index contributed by atoms with van der Waals surface area (Å²) in [6.45, 7) is 4.15. The van der Waals surface area contributed by atoms with Gasteiger partial charge in [-0.15, -0.1) is 0 Å². The van der Waals surface area contributed by atoms with E-state index in [1.165, 1.54) is 0 Å². The van der Waals surface area contributed by atoms with Gasteiger partial charge in [-0.1, -0.05) is 61.9 Å². The average Bonchev–Trinajstić information content (AvgIpc) is 3.28. The first-order valence-corrected chi connectivity index (χ1v) is 8.61. The van der Waals surface area contributed by atoms with Crippen molar-refractivity contribution >= 4 is 5.97 Å². The third kappa shape index (κ3) is 3.61. The molecule has 0 aromatic heterocycles. The third-order valence-corrected chi connectivity index (χ3v) is 4.79. The van der Waals surface area contributed by atoms with Crippen molar-refractivity contribution in [2.75, 3.05) is 0 Å². The number of hydrogen-bond donors (Lipinski definition) is 0. The van der Waals surface area contributed by atoms with Gasteiger partial charge in [-0.25, -0.2) is 0 Å². The van der Waals surface area contributed by atoms with Gasteiger partial charge in [0.1, 0.15) is 5.75 Å². The van der Waals surface area contributed by atoms with Crippen LogP contribution in [-0.2, 0) is 9.53 Å². The van der Waals surface area contributed by atoms with Crippen LogP contribution in [0.15, 0.2) is 60.7 Å². The molecule has 3 unspecified atom stereocenters. The van der Waals surface area contributed by atoms with Gasteiger partial charge >= 0.3 is 5.97 Å². The number of benzene rings is 2. The predicted molar refractivity (Wildman–Crippen MR) is 93.5 cm³/mol. The second-order valence-corrected chi connectivity index (χ2v) is 6.69. The van der Waals surface area contributed by atoms with Crippen LogP contribution in [0.25, 0.3) is 0 Å². The van der Waals surface area contributed by atoms with Gasteiger partial charge in [0, 0.05) is 5.56 Å². The summed E-state index contributed by atoms with van der Waals surface area (Å²) in [5.41, 5.74) is 0.481. The Kier molecular flexibility index (Phi) is 4.89. The Morgan fingerprint density at radius 2 is 1.75 bits per heavy atom. The van der Waals surface area contributed by atoms with Crippen molar-refractivity contribution in [3.63, 3.8) is 0 Å². The first-order chi connectivity index (χ1) is 11.6. The van der Waals surface area contributed by atoms with E-state index in [0.717, 1.165) is 24.8 Å². The van der Waals surface area contributed by atoms with Crippen LogP contribution in [0.3, 0.4) is 0 Å². The van der Waals surface area contributed by atoms with Crippen LogP contribution in [-0.4, -0.2) is 5.97 Å². The zero-order valence-electron chi connectivity index (χ0n) is 14.3. The summed E-state index contributed by atoms with van der Waals surface area (Å²) >= 11 is 0. The minimum Gasteiger partial charge on any atom is -0.450 e. The van der Waals surface area contributed by atoms with Crippen molar-refractivity contribution in [3.05, 3.63) is 66.2 Å². The van der Waals surface area contributed by atoms with Crippen molar-refractivity contribution in [2.45, 2.75) is 39.4 Å². The van der Waals surface area contributed by atoms with E-state index in [1.54, 1.807) is 0 Å². The molecule has 0 saturated heterocycles. The molecule has 0 N–H and O–H groups in total. The second-order valence-electron chi connectivity index (χ2n) is 6.69. The van der Waals surface area contributed by atoms with Gasteiger partial charge in [0.15, 0.2) is 0 Å². The Labute approximate surface area is 143 Å². The Bertz CT molecular complexity index is 668. The second kappa shape index (κ2) is 7.08. The van der Waals surface area contributed by atoms with Crippen LogP contribution in [0.1, 0.15) is 45.0 Å². The molecule has 1 fully saturated rings. The number of hydrogen-bond acceptors (Lipinski definition) is 3. The lowest BCUT2D eigenvalue weighted by molar-refractivity contribution is -0.171. The van der Waals surface area contributed by atoms with Crippen molar-refractivity contribution in [2.24, 2.45) is 11.3 Å². The number of rotatable bonds is 7. The third-order valence-electron chi connectivity index (χ3n) is 4.79. The van der Waals surface area contributed by atoms with Crippen LogP contribution < -0.4 is 4.74 Å². The molecule has 0 amide bonds. The summed E-state index contributed by atoms with van der Waals surface area (Å²) in [5, 5.41) is 0. The topological polar surface area (TPSA) is 35.5 Å². The molecule has 126 valence electrons. The maximum Gasteiger partial charge on any atom is 0.315 e. The highest BCUT2D eigenvalue weighted by molar-refractivity contribution is 5.80. The van der Waals surface area contributed by atoms with Gasteiger partial charge in [0.25, 0.3) is 6.29 Å². The van der Waals surface area contributed by atoms with Gasteiger partial charge in [-0.05, 0) is 37.8 Å². The van der Waals surface area contributed by atoms with Crippen LogP contribution in [0, 0.1) is 11.3 Å². The molecule has 3 nitrogen and oxygen atoms in total. The molecule has 1 aliphatic rings. The fraction of sp³-hybridized carbons (Fsp3) is 0.381.